The van der Waals surface area contributed by atoms with Crippen LogP contribution in [-0.2, 0) is 22.6 Å². The van der Waals surface area contributed by atoms with Gasteiger partial charge in [0.05, 0.1) is 13.5 Å². The van der Waals surface area contributed by atoms with Crippen molar-refractivity contribution < 1.29 is 14.3 Å². The van der Waals surface area contributed by atoms with E-state index in [1.54, 1.807) is 12.0 Å². The normalized spacial score (nSPS) is 14.8. The van der Waals surface area contributed by atoms with Crippen molar-refractivity contribution in [3.8, 4) is 5.75 Å². The molecule has 0 aromatic heterocycles. The number of amides is 2. The molecule has 2 amide bonds. The molecular weight excluding hydrogens is 412 g/mol. The van der Waals surface area contributed by atoms with E-state index in [1.807, 2.05) is 55.5 Å². The Morgan fingerprint density at radius 3 is 2.26 bits per heavy atom. The molecule has 1 aliphatic carbocycles. The maximum Gasteiger partial charge on any atom is 0.243 e. The summed E-state index contributed by atoms with van der Waals surface area (Å²) in [5, 5.41) is 3.81. The molecule has 0 radical (unpaired) electrons. The molecule has 2 aromatic carbocycles. The number of ether oxygens (including phenoxy) is 1. The maximum atomic E-state index is 13.4. The fraction of sp³-hybridized carbons (Fsp3) is 0.440. The molecule has 1 fully saturated rings. The first kappa shape index (κ1) is 23.1. The summed E-state index contributed by atoms with van der Waals surface area (Å²) in [5.41, 5.74) is 1.83. The summed E-state index contributed by atoms with van der Waals surface area (Å²) in [6.45, 7) is 2.32. The van der Waals surface area contributed by atoms with E-state index in [-0.39, 0.29) is 24.3 Å². The molecule has 31 heavy (non-hydrogen) atoms. The van der Waals surface area contributed by atoms with Crippen molar-refractivity contribution in [1.29, 1.82) is 0 Å². The number of nitrogens with zero attached hydrogens (tertiary/aromatic N) is 1. The van der Waals surface area contributed by atoms with E-state index in [1.165, 1.54) is 0 Å². The second-order valence-corrected chi connectivity index (χ2v) is 8.52. The molecule has 166 valence electrons. The van der Waals surface area contributed by atoms with Crippen LogP contribution in [0.1, 0.15) is 50.2 Å². The number of hydrogen-bond acceptors (Lipinski definition) is 3. The van der Waals surface area contributed by atoms with Crippen LogP contribution < -0.4 is 10.1 Å². The Kier molecular flexibility index (Phi) is 8.35. The highest BCUT2D eigenvalue weighted by Gasteiger charge is 2.30. The molecule has 2 aromatic rings. The van der Waals surface area contributed by atoms with Gasteiger partial charge in [-0.25, -0.2) is 0 Å². The van der Waals surface area contributed by atoms with Gasteiger partial charge >= 0.3 is 0 Å². The summed E-state index contributed by atoms with van der Waals surface area (Å²) in [6, 6.07) is 14.6. The van der Waals surface area contributed by atoms with E-state index in [0.717, 1.165) is 42.6 Å². The van der Waals surface area contributed by atoms with Crippen LogP contribution in [0.15, 0.2) is 48.5 Å². The highest BCUT2D eigenvalue weighted by molar-refractivity contribution is 6.30. The molecule has 0 heterocycles. The van der Waals surface area contributed by atoms with Gasteiger partial charge in [-0.3, -0.25) is 9.59 Å². The summed E-state index contributed by atoms with van der Waals surface area (Å²) in [7, 11) is 1.61. The van der Waals surface area contributed by atoms with Crippen LogP contribution in [0, 0.1) is 0 Å². The first-order valence-corrected chi connectivity index (χ1v) is 11.3. The Hall–Kier alpha value is -2.53. The maximum absolute atomic E-state index is 13.4. The third kappa shape index (κ3) is 6.47. The Morgan fingerprint density at radius 2 is 1.68 bits per heavy atom. The van der Waals surface area contributed by atoms with Gasteiger partial charge < -0.3 is 15.0 Å². The molecule has 1 saturated carbocycles. The molecule has 1 N–H and O–H groups in total. The van der Waals surface area contributed by atoms with Crippen LogP contribution in [0.4, 0.5) is 0 Å². The molecule has 1 aliphatic rings. The van der Waals surface area contributed by atoms with Crippen LogP contribution in [-0.4, -0.2) is 35.9 Å². The standard InChI is InChI=1S/C25H31ClN2O3/c1-3-23(25(30)27-21-6-4-5-7-21)28(17-19-8-12-20(26)13-9-19)24(29)16-18-10-14-22(31-2)15-11-18/h8-15,21,23H,3-7,16-17H2,1-2H3,(H,27,30)/t23-/m1/s1. The SMILES string of the molecule is CC[C@H](C(=O)NC1CCCC1)N(Cc1ccc(Cl)cc1)C(=O)Cc1ccc(OC)cc1. The Balaban J connectivity index is 1.79. The van der Waals surface area contributed by atoms with Gasteiger partial charge in [-0.05, 0) is 54.7 Å². The second kappa shape index (κ2) is 11.2. The lowest BCUT2D eigenvalue weighted by molar-refractivity contribution is -0.141. The first-order chi connectivity index (χ1) is 15.0. The number of carbonyl (C=O) groups is 2. The van der Waals surface area contributed by atoms with E-state index in [4.69, 9.17) is 16.3 Å². The predicted molar refractivity (Wildman–Crippen MR) is 123 cm³/mol. The summed E-state index contributed by atoms with van der Waals surface area (Å²) >= 11 is 6.02. The topological polar surface area (TPSA) is 58.6 Å². The van der Waals surface area contributed by atoms with E-state index < -0.39 is 6.04 Å². The Bertz CT molecular complexity index is 861. The molecule has 5 nitrogen and oxygen atoms in total. The minimum absolute atomic E-state index is 0.0635. The average molecular weight is 443 g/mol. The highest BCUT2D eigenvalue weighted by atomic mass is 35.5. The van der Waals surface area contributed by atoms with Crippen molar-refractivity contribution in [2.45, 2.75) is 64.1 Å². The molecule has 0 bridgehead atoms. The quantitative estimate of drug-likeness (QED) is 0.609. The van der Waals surface area contributed by atoms with Crippen LogP contribution >= 0.6 is 11.6 Å². The third-order valence-corrected chi connectivity index (χ3v) is 6.12. The van der Waals surface area contributed by atoms with Crippen molar-refractivity contribution in [3.05, 3.63) is 64.7 Å². The number of halogens is 1. The molecule has 0 saturated heterocycles. The van der Waals surface area contributed by atoms with Crippen molar-refractivity contribution >= 4 is 23.4 Å². The fourth-order valence-electron chi connectivity index (χ4n) is 4.09. The van der Waals surface area contributed by atoms with Crippen molar-refractivity contribution in [1.82, 2.24) is 10.2 Å². The summed E-state index contributed by atoms with van der Waals surface area (Å²) in [6.07, 6.45) is 5.10. The number of hydrogen-bond donors (Lipinski definition) is 1. The number of nitrogens with one attached hydrogen (secondary N) is 1. The Labute approximate surface area is 189 Å². The summed E-state index contributed by atoms with van der Waals surface area (Å²) < 4.78 is 5.20. The predicted octanol–water partition coefficient (Wildman–Crippen LogP) is 4.76. The minimum atomic E-state index is -0.512. The van der Waals surface area contributed by atoms with E-state index in [0.29, 0.717) is 18.0 Å². The van der Waals surface area contributed by atoms with Gasteiger partial charge in [0.15, 0.2) is 0 Å². The van der Waals surface area contributed by atoms with Gasteiger partial charge in [0.2, 0.25) is 11.8 Å². The number of carbonyl (C=O) groups excluding carboxylic acids is 2. The lowest BCUT2D eigenvalue weighted by atomic mass is 10.1. The minimum Gasteiger partial charge on any atom is -0.497 e. The van der Waals surface area contributed by atoms with Crippen molar-refractivity contribution in [3.63, 3.8) is 0 Å². The monoisotopic (exact) mass is 442 g/mol. The van der Waals surface area contributed by atoms with Gasteiger partial charge in [-0.2, -0.15) is 0 Å². The number of methoxy groups -OCH3 is 1. The van der Waals surface area contributed by atoms with Crippen molar-refractivity contribution in [2.75, 3.05) is 7.11 Å². The van der Waals surface area contributed by atoms with Crippen LogP contribution in [0.25, 0.3) is 0 Å². The molecule has 0 aliphatic heterocycles. The molecule has 0 spiro atoms. The van der Waals surface area contributed by atoms with Crippen LogP contribution in [0.5, 0.6) is 5.75 Å². The molecule has 6 heteroatoms. The van der Waals surface area contributed by atoms with E-state index in [2.05, 4.69) is 5.32 Å². The smallest absolute Gasteiger partial charge is 0.243 e. The zero-order chi connectivity index (χ0) is 22.2. The van der Waals surface area contributed by atoms with E-state index >= 15 is 0 Å². The molecule has 0 unspecified atom stereocenters. The molecule has 3 rings (SSSR count). The molecular formula is C25H31ClN2O3. The van der Waals surface area contributed by atoms with Gasteiger partial charge in [0.25, 0.3) is 0 Å². The number of benzene rings is 2. The largest absolute Gasteiger partial charge is 0.497 e. The summed E-state index contributed by atoms with van der Waals surface area (Å²) in [5.74, 6) is 0.608. The number of rotatable bonds is 9. The lowest BCUT2D eigenvalue weighted by Gasteiger charge is -2.31. The highest BCUT2D eigenvalue weighted by Crippen LogP contribution is 2.21. The van der Waals surface area contributed by atoms with Gasteiger partial charge in [0, 0.05) is 17.6 Å². The van der Waals surface area contributed by atoms with E-state index in [9.17, 15) is 9.59 Å². The lowest BCUT2D eigenvalue weighted by Crippen LogP contribution is -2.51. The zero-order valence-electron chi connectivity index (χ0n) is 18.3. The zero-order valence-corrected chi connectivity index (χ0v) is 19.0. The third-order valence-electron chi connectivity index (χ3n) is 5.87. The average Bonchev–Trinajstić information content (AvgIpc) is 3.28. The van der Waals surface area contributed by atoms with Crippen LogP contribution in [0.2, 0.25) is 5.02 Å². The van der Waals surface area contributed by atoms with Crippen molar-refractivity contribution in [2.24, 2.45) is 0 Å². The first-order valence-electron chi connectivity index (χ1n) is 11.0. The van der Waals surface area contributed by atoms with Crippen LogP contribution in [0.3, 0.4) is 0 Å². The van der Waals surface area contributed by atoms with Gasteiger partial charge in [-0.15, -0.1) is 0 Å². The molecule has 1 atom stereocenters. The fourth-order valence-corrected chi connectivity index (χ4v) is 4.22. The second-order valence-electron chi connectivity index (χ2n) is 8.09. The Morgan fingerprint density at radius 1 is 1.06 bits per heavy atom. The van der Waals surface area contributed by atoms with Gasteiger partial charge in [0.1, 0.15) is 11.8 Å². The summed E-state index contributed by atoms with van der Waals surface area (Å²) in [4.78, 5) is 28.2. The van der Waals surface area contributed by atoms with Gasteiger partial charge in [-0.1, -0.05) is 55.6 Å².